The van der Waals surface area contributed by atoms with Gasteiger partial charge < -0.3 is 0 Å². The summed E-state index contributed by atoms with van der Waals surface area (Å²) in [5, 5.41) is 12.7. The maximum absolute atomic E-state index is 8.70. The van der Waals surface area contributed by atoms with Crippen LogP contribution in [0.1, 0.15) is 11.1 Å². The first kappa shape index (κ1) is 8.45. The highest BCUT2D eigenvalue weighted by Crippen LogP contribution is 2.13. The highest BCUT2D eigenvalue weighted by Gasteiger charge is 2.01. The van der Waals surface area contributed by atoms with Crippen molar-refractivity contribution in [3.8, 4) is 11.8 Å². The first-order valence-corrected chi connectivity index (χ1v) is 4.17. The van der Waals surface area contributed by atoms with Crippen LogP contribution in [-0.4, -0.2) is 14.8 Å². The second-order valence-electron chi connectivity index (χ2n) is 2.95. The Labute approximate surface area is 81.4 Å². The lowest BCUT2D eigenvalue weighted by Crippen LogP contribution is -1.97. The van der Waals surface area contributed by atoms with Gasteiger partial charge in [-0.1, -0.05) is 0 Å². The van der Waals surface area contributed by atoms with Crippen molar-refractivity contribution in [3.05, 3.63) is 42.0 Å². The number of benzene rings is 1. The van der Waals surface area contributed by atoms with E-state index in [1.54, 1.807) is 17.1 Å². The molecule has 2 aromatic rings. The fourth-order valence-corrected chi connectivity index (χ4v) is 1.31. The molecule has 2 rings (SSSR count). The van der Waals surface area contributed by atoms with Gasteiger partial charge in [0.25, 0.3) is 0 Å². The lowest BCUT2D eigenvalue weighted by atomic mass is 10.1. The largest absolute Gasteiger partial charge is 0.223 e. The maximum atomic E-state index is 8.70. The molecule has 0 aliphatic carbocycles. The van der Waals surface area contributed by atoms with E-state index in [9.17, 15) is 0 Å². The third kappa shape index (κ3) is 1.36. The van der Waals surface area contributed by atoms with E-state index in [0.717, 1.165) is 11.3 Å². The minimum atomic E-state index is 0.659. The van der Waals surface area contributed by atoms with E-state index in [1.807, 2.05) is 19.1 Å². The van der Waals surface area contributed by atoms with Gasteiger partial charge >= 0.3 is 0 Å². The highest BCUT2D eigenvalue weighted by atomic mass is 15.3. The standard InChI is InChI=1S/C10H8N4/c1-8-4-9(5-11)2-3-10(8)14-7-12-6-13-14/h2-4,6-7H,1H3. The molecule has 0 spiro atoms. The van der Waals surface area contributed by atoms with Gasteiger partial charge in [-0.25, -0.2) is 9.67 Å². The second kappa shape index (κ2) is 3.30. The predicted octanol–water partition coefficient (Wildman–Crippen LogP) is 1.45. The van der Waals surface area contributed by atoms with Crippen molar-refractivity contribution >= 4 is 0 Å². The third-order valence-corrected chi connectivity index (χ3v) is 1.99. The zero-order valence-electron chi connectivity index (χ0n) is 7.68. The first-order valence-electron chi connectivity index (χ1n) is 4.17. The van der Waals surface area contributed by atoms with Gasteiger partial charge in [-0.3, -0.25) is 0 Å². The van der Waals surface area contributed by atoms with Gasteiger partial charge in [-0.15, -0.1) is 0 Å². The number of nitrogens with zero attached hydrogens (tertiary/aromatic N) is 4. The van der Waals surface area contributed by atoms with Gasteiger partial charge in [0.1, 0.15) is 12.7 Å². The quantitative estimate of drug-likeness (QED) is 0.674. The van der Waals surface area contributed by atoms with Gasteiger partial charge in [0.2, 0.25) is 0 Å². The van der Waals surface area contributed by atoms with E-state index in [-0.39, 0.29) is 0 Å². The zero-order chi connectivity index (χ0) is 9.97. The number of hydrogen-bond donors (Lipinski definition) is 0. The van der Waals surface area contributed by atoms with Crippen molar-refractivity contribution < 1.29 is 0 Å². The Bertz CT molecular complexity index is 479. The Balaban J connectivity index is 2.52. The molecule has 0 N–H and O–H groups in total. The van der Waals surface area contributed by atoms with E-state index >= 15 is 0 Å². The minimum Gasteiger partial charge on any atom is -0.223 e. The Hall–Kier alpha value is -2.15. The Morgan fingerprint density at radius 3 is 2.86 bits per heavy atom. The van der Waals surface area contributed by atoms with Crippen molar-refractivity contribution in [2.24, 2.45) is 0 Å². The summed E-state index contributed by atoms with van der Waals surface area (Å²) in [6, 6.07) is 7.56. The summed E-state index contributed by atoms with van der Waals surface area (Å²) in [4.78, 5) is 3.87. The van der Waals surface area contributed by atoms with E-state index in [0.29, 0.717) is 5.56 Å². The molecule has 4 nitrogen and oxygen atoms in total. The average molecular weight is 184 g/mol. The summed E-state index contributed by atoms with van der Waals surface area (Å²) in [6.07, 6.45) is 3.12. The summed E-state index contributed by atoms with van der Waals surface area (Å²) >= 11 is 0. The van der Waals surface area contributed by atoms with Crippen molar-refractivity contribution in [2.45, 2.75) is 6.92 Å². The molecule has 0 radical (unpaired) electrons. The Kier molecular flexibility index (Phi) is 1.99. The summed E-state index contributed by atoms with van der Waals surface area (Å²) in [6.45, 7) is 1.94. The summed E-state index contributed by atoms with van der Waals surface area (Å²) < 4.78 is 1.68. The highest BCUT2D eigenvalue weighted by molar-refractivity contribution is 5.45. The molecule has 0 aliphatic heterocycles. The lowest BCUT2D eigenvalue weighted by molar-refractivity contribution is 0.871. The SMILES string of the molecule is Cc1cc(C#N)ccc1-n1cncn1. The van der Waals surface area contributed by atoms with E-state index in [2.05, 4.69) is 16.2 Å². The van der Waals surface area contributed by atoms with Crippen LogP contribution < -0.4 is 0 Å². The molecule has 0 fully saturated rings. The number of rotatable bonds is 1. The van der Waals surface area contributed by atoms with Crippen LogP contribution in [0.15, 0.2) is 30.9 Å². The van der Waals surface area contributed by atoms with Gasteiger partial charge in [0.05, 0.1) is 17.3 Å². The van der Waals surface area contributed by atoms with Gasteiger partial charge in [-0.2, -0.15) is 10.4 Å². The number of aromatic nitrogens is 3. The number of aryl methyl sites for hydroxylation is 1. The summed E-state index contributed by atoms with van der Waals surface area (Å²) in [5.74, 6) is 0. The van der Waals surface area contributed by atoms with Crippen LogP contribution in [0.25, 0.3) is 5.69 Å². The molecular formula is C10H8N4. The lowest BCUT2D eigenvalue weighted by Gasteiger charge is -2.04. The minimum absolute atomic E-state index is 0.659. The van der Waals surface area contributed by atoms with Crippen molar-refractivity contribution in [1.29, 1.82) is 5.26 Å². The van der Waals surface area contributed by atoms with Gasteiger partial charge in [0.15, 0.2) is 0 Å². The molecule has 0 amide bonds. The second-order valence-corrected chi connectivity index (χ2v) is 2.95. The normalized spacial score (nSPS) is 9.71. The van der Waals surface area contributed by atoms with E-state index in [1.165, 1.54) is 6.33 Å². The molecule has 0 unspecified atom stereocenters. The fourth-order valence-electron chi connectivity index (χ4n) is 1.31. The van der Waals surface area contributed by atoms with Crippen LogP contribution >= 0.6 is 0 Å². The molecule has 1 aromatic carbocycles. The van der Waals surface area contributed by atoms with Crippen LogP contribution in [0.5, 0.6) is 0 Å². The average Bonchev–Trinajstić information content (AvgIpc) is 2.70. The van der Waals surface area contributed by atoms with Crippen LogP contribution in [0, 0.1) is 18.3 Å². The van der Waals surface area contributed by atoms with Crippen LogP contribution in [0.4, 0.5) is 0 Å². The van der Waals surface area contributed by atoms with E-state index in [4.69, 9.17) is 5.26 Å². The molecule has 4 heteroatoms. The molecule has 0 bridgehead atoms. The van der Waals surface area contributed by atoms with Gasteiger partial charge in [-0.05, 0) is 30.7 Å². The van der Waals surface area contributed by atoms with Crippen molar-refractivity contribution in [2.75, 3.05) is 0 Å². The summed E-state index contributed by atoms with van der Waals surface area (Å²) in [5.41, 5.74) is 2.61. The molecule has 0 atom stereocenters. The van der Waals surface area contributed by atoms with E-state index < -0.39 is 0 Å². The van der Waals surface area contributed by atoms with Crippen molar-refractivity contribution in [1.82, 2.24) is 14.8 Å². The van der Waals surface area contributed by atoms with Crippen LogP contribution in [0.3, 0.4) is 0 Å². The molecule has 0 saturated heterocycles. The Morgan fingerprint density at radius 2 is 2.29 bits per heavy atom. The Morgan fingerprint density at radius 1 is 1.43 bits per heavy atom. The number of hydrogen-bond acceptors (Lipinski definition) is 3. The first-order chi connectivity index (χ1) is 6.81. The molecule has 1 aromatic heterocycles. The molecule has 1 heterocycles. The monoisotopic (exact) mass is 184 g/mol. The molecule has 0 aliphatic rings. The predicted molar refractivity (Wildman–Crippen MR) is 50.8 cm³/mol. The number of nitriles is 1. The molecule has 0 saturated carbocycles. The van der Waals surface area contributed by atoms with Crippen LogP contribution in [-0.2, 0) is 0 Å². The smallest absolute Gasteiger partial charge is 0.138 e. The van der Waals surface area contributed by atoms with Crippen LogP contribution in [0.2, 0.25) is 0 Å². The zero-order valence-corrected chi connectivity index (χ0v) is 7.68. The van der Waals surface area contributed by atoms with Crippen molar-refractivity contribution in [3.63, 3.8) is 0 Å². The fraction of sp³-hybridized carbons (Fsp3) is 0.100. The van der Waals surface area contributed by atoms with Gasteiger partial charge in [0, 0.05) is 0 Å². The summed E-state index contributed by atoms with van der Waals surface area (Å²) in [7, 11) is 0. The molecule has 14 heavy (non-hydrogen) atoms. The molecule has 68 valence electrons. The topological polar surface area (TPSA) is 54.5 Å². The molecular weight excluding hydrogens is 176 g/mol. The maximum Gasteiger partial charge on any atom is 0.138 e. The third-order valence-electron chi connectivity index (χ3n) is 1.99.